The van der Waals surface area contributed by atoms with Crippen molar-refractivity contribution in [1.82, 2.24) is 0 Å². The average molecular weight is 227 g/mol. The van der Waals surface area contributed by atoms with Crippen molar-refractivity contribution < 1.29 is 0 Å². The molecule has 0 bridgehead atoms. The van der Waals surface area contributed by atoms with Gasteiger partial charge in [-0.05, 0) is 11.5 Å². The summed E-state index contributed by atoms with van der Waals surface area (Å²) in [6, 6.07) is 13.3. The molecule has 0 radical (unpaired) electrons. The first-order valence-electron chi connectivity index (χ1n) is 5.07. The summed E-state index contributed by atoms with van der Waals surface area (Å²) in [5, 5.41) is 16.9. The molecule has 0 saturated carbocycles. The molecule has 0 aliphatic carbocycles. The number of nitrogens with one attached hydrogen (secondary N) is 2. The van der Waals surface area contributed by atoms with Crippen LogP contribution in [0, 0.1) is 10.8 Å². The first-order chi connectivity index (χ1) is 8.11. The molecule has 0 aliphatic rings. The highest BCUT2D eigenvalue weighted by molar-refractivity contribution is 6.18. The van der Waals surface area contributed by atoms with E-state index in [1.807, 2.05) is 36.4 Å². The second-order valence-electron chi connectivity index (χ2n) is 3.60. The van der Waals surface area contributed by atoms with Crippen molar-refractivity contribution in [2.75, 3.05) is 4.90 Å². The highest BCUT2D eigenvalue weighted by Gasteiger charge is 2.14. The highest BCUT2D eigenvalue weighted by Crippen LogP contribution is 2.26. The number of fused-ring (bicyclic) bond motifs is 1. The molecule has 0 aromatic heterocycles. The Morgan fingerprint density at radius 3 is 2.12 bits per heavy atom. The number of hydrogen-bond acceptors (Lipinski definition) is 2. The van der Waals surface area contributed by atoms with Crippen molar-refractivity contribution in [3.63, 3.8) is 0 Å². The van der Waals surface area contributed by atoms with Crippen molar-refractivity contribution in [3.8, 4) is 0 Å². The molecule has 0 spiro atoms. The molecule has 0 saturated heterocycles. The van der Waals surface area contributed by atoms with Crippen molar-refractivity contribution in [3.05, 3.63) is 42.5 Å². The lowest BCUT2D eigenvalue weighted by molar-refractivity contribution is 1.25. The number of anilines is 1. The Balaban J connectivity index is 2.69. The van der Waals surface area contributed by atoms with Gasteiger partial charge >= 0.3 is 0 Å². The molecule has 0 aliphatic heterocycles. The van der Waals surface area contributed by atoms with E-state index in [9.17, 15) is 0 Å². The zero-order chi connectivity index (χ0) is 12.4. The van der Waals surface area contributed by atoms with Crippen LogP contribution < -0.4 is 16.4 Å². The fourth-order valence-electron chi connectivity index (χ4n) is 1.79. The predicted molar refractivity (Wildman–Crippen MR) is 70.3 cm³/mol. The molecular formula is C12H13N5. The van der Waals surface area contributed by atoms with Crippen LogP contribution in [0.5, 0.6) is 0 Å². The first-order valence-corrected chi connectivity index (χ1v) is 5.07. The largest absolute Gasteiger partial charge is 0.369 e. The molecule has 5 nitrogen and oxygen atoms in total. The third-order valence-corrected chi connectivity index (χ3v) is 2.49. The summed E-state index contributed by atoms with van der Waals surface area (Å²) in [5.74, 6) is -0.539. The van der Waals surface area contributed by atoms with Gasteiger partial charge < -0.3 is 11.5 Å². The summed E-state index contributed by atoms with van der Waals surface area (Å²) in [7, 11) is 0. The van der Waals surface area contributed by atoms with E-state index in [4.69, 9.17) is 22.3 Å². The zero-order valence-corrected chi connectivity index (χ0v) is 9.14. The van der Waals surface area contributed by atoms with Crippen molar-refractivity contribution in [2.45, 2.75) is 0 Å². The molecule has 2 aromatic carbocycles. The molecule has 0 unspecified atom stereocenters. The Bertz CT molecular complexity index is 571. The zero-order valence-electron chi connectivity index (χ0n) is 9.14. The fourth-order valence-corrected chi connectivity index (χ4v) is 1.79. The highest BCUT2D eigenvalue weighted by atomic mass is 15.3. The summed E-state index contributed by atoms with van der Waals surface area (Å²) in [6.45, 7) is 0. The molecule has 0 amide bonds. The Morgan fingerprint density at radius 1 is 0.882 bits per heavy atom. The van der Waals surface area contributed by atoms with E-state index >= 15 is 0 Å². The smallest absolute Gasteiger partial charge is 0.200 e. The predicted octanol–water partition coefficient (Wildman–Crippen LogP) is 1.43. The molecule has 5 heteroatoms. The molecule has 6 N–H and O–H groups in total. The lowest BCUT2D eigenvalue weighted by Crippen LogP contribution is -2.45. The van der Waals surface area contributed by atoms with Gasteiger partial charge in [0.1, 0.15) is 0 Å². The number of rotatable bonds is 1. The Kier molecular flexibility index (Phi) is 2.66. The van der Waals surface area contributed by atoms with E-state index in [0.29, 0.717) is 5.69 Å². The van der Waals surface area contributed by atoms with Crippen LogP contribution in [0.3, 0.4) is 0 Å². The van der Waals surface area contributed by atoms with Crippen LogP contribution in [-0.4, -0.2) is 11.9 Å². The maximum atomic E-state index is 7.48. The number of benzene rings is 2. The van der Waals surface area contributed by atoms with Crippen LogP contribution in [0.2, 0.25) is 0 Å². The van der Waals surface area contributed by atoms with Crippen molar-refractivity contribution >= 4 is 28.4 Å². The van der Waals surface area contributed by atoms with E-state index < -0.39 is 0 Å². The summed E-state index contributed by atoms with van der Waals surface area (Å²) in [6.07, 6.45) is 0. The van der Waals surface area contributed by atoms with Crippen LogP contribution in [0.15, 0.2) is 42.5 Å². The van der Waals surface area contributed by atoms with E-state index in [-0.39, 0.29) is 11.9 Å². The Morgan fingerprint density at radius 2 is 1.47 bits per heavy atom. The van der Waals surface area contributed by atoms with E-state index in [1.165, 1.54) is 4.90 Å². The minimum Gasteiger partial charge on any atom is -0.369 e. The molecule has 86 valence electrons. The first kappa shape index (κ1) is 10.9. The third-order valence-electron chi connectivity index (χ3n) is 2.49. The van der Waals surface area contributed by atoms with Crippen LogP contribution in [0.1, 0.15) is 0 Å². The lowest BCUT2D eigenvalue weighted by atomic mass is 10.1. The number of nitrogens with two attached hydrogens (primary N) is 2. The second-order valence-corrected chi connectivity index (χ2v) is 3.60. The summed E-state index contributed by atoms with van der Waals surface area (Å²) in [4.78, 5) is 1.20. The maximum absolute atomic E-state index is 7.48. The van der Waals surface area contributed by atoms with E-state index in [0.717, 1.165) is 10.8 Å². The SMILES string of the molecule is N=C(N)N(C(=N)N)c1cccc2ccccc12. The van der Waals surface area contributed by atoms with Gasteiger partial charge in [-0.3, -0.25) is 15.7 Å². The average Bonchev–Trinajstić information content (AvgIpc) is 2.28. The van der Waals surface area contributed by atoms with Gasteiger partial charge in [-0.25, -0.2) is 0 Å². The van der Waals surface area contributed by atoms with Gasteiger partial charge in [-0.2, -0.15) is 0 Å². The van der Waals surface area contributed by atoms with Gasteiger partial charge in [-0.1, -0.05) is 36.4 Å². The van der Waals surface area contributed by atoms with Gasteiger partial charge in [0.05, 0.1) is 5.69 Å². The van der Waals surface area contributed by atoms with E-state index in [2.05, 4.69) is 0 Å². The van der Waals surface area contributed by atoms with Gasteiger partial charge in [0.15, 0.2) is 11.9 Å². The molecule has 17 heavy (non-hydrogen) atoms. The summed E-state index contributed by atoms with van der Waals surface area (Å²) in [5.41, 5.74) is 11.5. The van der Waals surface area contributed by atoms with Crippen LogP contribution >= 0.6 is 0 Å². The van der Waals surface area contributed by atoms with Gasteiger partial charge in [0.2, 0.25) is 0 Å². The monoisotopic (exact) mass is 227 g/mol. The second kappa shape index (κ2) is 4.13. The quantitative estimate of drug-likeness (QED) is 0.437. The van der Waals surface area contributed by atoms with Gasteiger partial charge in [0.25, 0.3) is 0 Å². The molecule has 0 fully saturated rings. The molecule has 2 aromatic rings. The van der Waals surface area contributed by atoms with Crippen LogP contribution in [-0.2, 0) is 0 Å². The normalized spacial score (nSPS) is 10.1. The lowest BCUT2D eigenvalue weighted by Gasteiger charge is -2.21. The van der Waals surface area contributed by atoms with Crippen LogP contribution in [0.25, 0.3) is 10.8 Å². The fraction of sp³-hybridized carbons (Fsp3) is 0. The standard InChI is InChI=1S/C12H13N5/c13-11(14)17(12(15)16)10-7-3-5-8-4-1-2-6-9(8)10/h1-7H,(H3,13,14)(H3,15,16). The van der Waals surface area contributed by atoms with Gasteiger partial charge in [0, 0.05) is 5.39 Å². The number of nitrogens with zero attached hydrogens (tertiary/aromatic N) is 1. The van der Waals surface area contributed by atoms with Gasteiger partial charge in [-0.15, -0.1) is 0 Å². The maximum Gasteiger partial charge on any atom is 0.200 e. The Hall–Kier alpha value is -2.56. The minimum absolute atomic E-state index is 0.270. The van der Waals surface area contributed by atoms with Crippen molar-refractivity contribution in [1.29, 1.82) is 10.8 Å². The summed E-state index contributed by atoms with van der Waals surface area (Å²) >= 11 is 0. The summed E-state index contributed by atoms with van der Waals surface area (Å²) < 4.78 is 0. The topological polar surface area (TPSA) is 103 Å². The van der Waals surface area contributed by atoms with Crippen LogP contribution in [0.4, 0.5) is 5.69 Å². The van der Waals surface area contributed by atoms with Crippen molar-refractivity contribution in [2.24, 2.45) is 11.5 Å². The Labute approximate surface area is 98.7 Å². The third kappa shape index (κ3) is 1.90. The number of hydrogen-bond donors (Lipinski definition) is 4. The molecule has 0 heterocycles. The molecular weight excluding hydrogens is 214 g/mol. The van der Waals surface area contributed by atoms with E-state index in [1.54, 1.807) is 6.07 Å². The molecule has 2 rings (SSSR count). The molecule has 0 atom stereocenters. The number of guanidine groups is 2. The minimum atomic E-state index is -0.270.